The molecule has 5 heteroatoms. The second-order valence-electron chi connectivity index (χ2n) is 3.40. The van der Waals surface area contributed by atoms with E-state index in [4.69, 9.17) is 10.5 Å². The lowest BCUT2D eigenvalue weighted by Gasteiger charge is -2.06. The van der Waals surface area contributed by atoms with E-state index < -0.39 is 0 Å². The maximum Gasteiger partial charge on any atom is 0.298 e. The van der Waals surface area contributed by atoms with Crippen molar-refractivity contribution in [1.82, 2.24) is 9.36 Å². The highest BCUT2D eigenvalue weighted by Crippen LogP contribution is 2.29. The monoisotopic (exact) mass is 235 g/mol. The molecule has 0 saturated carbocycles. The Bertz CT molecular complexity index is 496. The standard InChI is InChI=1S/C11H13N3OS/c1-3-10-13-11(16-14-10)15-9-6-4-5-8(12)7(9)2/h4-6H,3,12H2,1-2H3. The zero-order chi connectivity index (χ0) is 11.5. The summed E-state index contributed by atoms with van der Waals surface area (Å²) in [5.41, 5.74) is 7.44. The van der Waals surface area contributed by atoms with Gasteiger partial charge >= 0.3 is 0 Å². The molecule has 4 nitrogen and oxygen atoms in total. The summed E-state index contributed by atoms with van der Waals surface area (Å²) in [6.45, 7) is 3.93. The van der Waals surface area contributed by atoms with Crippen molar-refractivity contribution in [1.29, 1.82) is 0 Å². The lowest BCUT2D eigenvalue weighted by molar-refractivity contribution is 0.474. The number of aromatic nitrogens is 2. The van der Waals surface area contributed by atoms with Gasteiger partial charge in [-0.3, -0.25) is 0 Å². The fourth-order valence-electron chi connectivity index (χ4n) is 1.26. The molecule has 0 fully saturated rings. The van der Waals surface area contributed by atoms with E-state index >= 15 is 0 Å². The number of nitrogens with two attached hydrogens (primary N) is 1. The van der Waals surface area contributed by atoms with Gasteiger partial charge in [0.2, 0.25) is 0 Å². The van der Waals surface area contributed by atoms with E-state index in [1.807, 2.05) is 32.0 Å². The number of benzene rings is 1. The third-order valence-corrected chi connectivity index (χ3v) is 2.92. The molecule has 1 heterocycles. The number of rotatable bonds is 3. The van der Waals surface area contributed by atoms with Gasteiger partial charge in [-0.25, -0.2) is 0 Å². The van der Waals surface area contributed by atoms with Gasteiger partial charge in [0.05, 0.1) is 0 Å². The van der Waals surface area contributed by atoms with Crippen LogP contribution in [0.3, 0.4) is 0 Å². The second-order valence-corrected chi connectivity index (χ2v) is 4.12. The zero-order valence-electron chi connectivity index (χ0n) is 9.23. The Morgan fingerprint density at radius 3 is 2.94 bits per heavy atom. The first-order valence-corrected chi connectivity index (χ1v) is 5.83. The highest BCUT2D eigenvalue weighted by Gasteiger charge is 2.07. The molecule has 0 aliphatic rings. The topological polar surface area (TPSA) is 61.0 Å². The first-order chi connectivity index (χ1) is 7.70. The summed E-state index contributed by atoms with van der Waals surface area (Å²) in [6.07, 6.45) is 0.815. The summed E-state index contributed by atoms with van der Waals surface area (Å²) in [4.78, 5) is 4.24. The van der Waals surface area contributed by atoms with E-state index in [0.717, 1.165) is 29.2 Å². The van der Waals surface area contributed by atoms with Gasteiger partial charge in [-0.05, 0) is 19.1 Å². The van der Waals surface area contributed by atoms with Crippen LogP contribution in [0.2, 0.25) is 0 Å². The summed E-state index contributed by atoms with van der Waals surface area (Å²) in [5, 5.41) is 0.561. The molecule has 2 rings (SSSR count). The van der Waals surface area contributed by atoms with E-state index in [1.165, 1.54) is 11.5 Å². The lowest BCUT2D eigenvalue weighted by atomic mass is 10.2. The molecular weight excluding hydrogens is 222 g/mol. The Hall–Kier alpha value is -1.62. The van der Waals surface area contributed by atoms with Crippen LogP contribution < -0.4 is 10.5 Å². The molecule has 1 aromatic heterocycles. The van der Waals surface area contributed by atoms with Crippen LogP contribution in [0.4, 0.5) is 5.69 Å². The number of hydrogen-bond acceptors (Lipinski definition) is 5. The first-order valence-electron chi connectivity index (χ1n) is 5.06. The van der Waals surface area contributed by atoms with Gasteiger partial charge in [0.15, 0.2) is 0 Å². The molecule has 2 N–H and O–H groups in total. The average molecular weight is 235 g/mol. The number of nitrogens with zero attached hydrogens (tertiary/aromatic N) is 2. The Balaban J connectivity index is 2.23. The molecule has 0 spiro atoms. The van der Waals surface area contributed by atoms with Gasteiger partial charge in [0.25, 0.3) is 5.19 Å². The summed E-state index contributed by atoms with van der Waals surface area (Å²) < 4.78 is 9.79. The Labute approximate surface area is 98.3 Å². The van der Waals surface area contributed by atoms with E-state index in [2.05, 4.69) is 9.36 Å². The number of anilines is 1. The number of ether oxygens (including phenoxy) is 1. The van der Waals surface area contributed by atoms with Crippen LogP contribution >= 0.6 is 11.5 Å². The highest BCUT2D eigenvalue weighted by atomic mass is 32.1. The third kappa shape index (κ3) is 2.14. The largest absolute Gasteiger partial charge is 0.429 e. The fraction of sp³-hybridized carbons (Fsp3) is 0.273. The van der Waals surface area contributed by atoms with Crippen LogP contribution in [0.15, 0.2) is 18.2 Å². The van der Waals surface area contributed by atoms with E-state index in [1.54, 1.807) is 0 Å². The Morgan fingerprint density at radius 1 is 1.44 bits per heavy atom. The maximum atomic E-state index is 5.79. The molecule has 0 bridgehead atoms. The van der Waals surface area contributed by atoms with Crippen molar-refractivity contribution in [3.63, 3.8) is 0 Å². The minimum absolute atomic E-state index is 0.561. The predicted octanol–water partition coefficient (Wildman–Crippen LogP) is 2.78. The molecule has 0 aliphatic heterocycles. The van der Waals surface area contributed by atoms with Crippen LogP contribution in [0.1, 0.15) is 18.3 Å². The second kappa shape index (κ2) is 4.49. The molecule has 0 aliphatic carbocycles. The van der Waals surface area contributed by atoms with Gasteiger partial charge in [-0.1, -0.05) is 13.0 Å². The smallest absolute Gasteiger partial charge is 0.298 e. The van der Waals surface area contributed by atoms with Crippen LogP contribution in [0.25, 0.3) is 0 Å². The number of hydrogen-bond donors (Lipinski definition) is 1. The van der Waals surface area contributed by atoms with Crippen molar-refractivity contribution in [3.8, 4) is 10.9 Å². The van der Waals surface area contributed by atoms with Crippen molar-refractivity contribution in [2.75, 3.05) is 5.73 Å². The summed E-state index contributed by atoms with van der Waals surface area (Å²) >= 11 is 1.26. The highest BCUT2D eigenvalue weighted by molar-refractivity contribution is 7.07. The normalized spacial score (nSPS) is 10.4. The first kappa shape index (κ1) is 10.9. The van der Waals surface area contributed by atoms with Gasteiger partial charge in [0.1, 0.15) is 11.6 Å². The molecule has 0 atom stereocenters. The molecule has 2 aromatic rings. The average Bonchev–Trinajstić information content (AvgIpc) is 2.73. The Morgan fingerprint density at radius 2 is 2.25 bits per heavy atom. The zero-order valence-corrected chi connectivity index (χ0v) is 10.0. The minimum Gasteiger partial charge on any atom is -0.429 e. The van der Waals surface area contributed by atoms with Crippen LogP contribution in [0, 0.1) is 6.92 Å². The fourth-order valence-corrected chi connectivity index (χ4v) is 1.89. The Kier molecular flexibility index (Phi) is 3.05. The van der Waals surface area contributed by atoms with Gasteiger partial charge in [-0.15, -0.1) is 0 Å². The SMILES string of the molecule is CCc1nsc(Oc2cccc(N)c2C)n1. The summed E-state index contributed by atoms with van der Waals surface area (Å²) in [6, 6.07) is 5.58. The molecule has 0 amide bonds. The van der Waals surface area contributed by atoms with E-state index in [-0.39, 0.29) is 0 Å². The van der Waals surface area contributed by atoms with E-state index in [0.29, 0.717) is 5.19 Å². The van der Waals surface area contributed by atoms with Crippen molar-refractivity contribution in [2.45, 2.75) is 20.3 Å². The summed E-state index contributed by atoms with van der Waals surface area (Å²) in [5.74, 6) is 1.54. The van der Waals surface area contributed by atoms with Gasteiger partial charge in [0, 0.05) is 29.2 Å². The van der Waals surface area contributed by atoms with Crippen molar-refractivity contribution in [3.05, 3.63) is 29.6 Å². The van der Waals surface area contributed by atoms with Crippen LogP contribution in [-0.2, 0) is 6.42 Å². The maximum absolute atomic E-state index is 5.79. The minimum atomic E-state index is 0.561. The molecule has 0 saturated heterocycles. The number of aryl methyl sites for hydroxylation is 1. The van der Waals surface area contributed by atoms with Crippen molar-refractivity contribution in [2.24, 2.45) is 0 Å². The van der Waals surface area contributed by atoms with Crippen molar-refractivity contribution < 1.29 is 4.74 Å². The molecule has 1 aromatic carbocycles. The molecular formula is C11H13N3OS. The number of nitrogen functional groups attached to an aromatic ring is 1. The molecule has 0 unspecified atom stereocenters. The van der Waals surface area contributed by atoms with Gasteiger partial charge < -0.3 is 10.5 Å². The summed E-state index contributed by atoms with van der Waals surface area (Å²) in [7, 11) is 0. The molecule has 84 valence electrons. The van der Waals surface area contributed by atoms with Crippen LogP contribution in [0.5, 0.6) is 10.9 Å². The molecule has 0 radical (unpaired) electrons. The van der Waals surface area contributed by atoms with Gasteiger partial charge in [-0.2, -0.15) is 9.36 Å². The predicted molar refractivity (Wildman–Crippen MR) is 65.0 cm³/mol. The molecule has 16 heavy (non-hydrogen) atoms. The lowest BCUT2D eigenvalue weighted by Crippen LogP contribution is -1.93. The van der Waals surface area contributed by atoms with E-state index in [9.17, 15) is 0 Å². The third-order valence-electron chi connectivity index (χ3n) is 2.29. The van der Waals surface area contributed by atoms with Crippen molar-refractivity contribution >= 4 is 17.2 Å². The van der Waals surface area contributed by atoms with Crippen LogP contribution in [-0.4, -0.2) is 9.36 Å². The quantitative estimate of drug-likeness (QED) is 0.831.